The van der Waals surface area contributed by atoms with E-state index in [1.54, 1.807) is 25.1 Å². The first-order valence-electron chi connectivity index (χ1n) is 5.41. The van der Waals surface area contributed by atoms with Crippen molar-refractivity contribution < 1.29 is 17.9 Å². The van der Waals surface area contributed by atoms with Crippen molar-refractivity contribution in [2.75, 3.05) is 13.2 Å². The third-order valence-electron chi connectivity index (χ3n) is 2.15. The fourth-order valence-electron chi connectivity index (χ4n) is 1.32. The van der Waals surface area contributed by atoms with Crippen molar-refractivity contribution >= 4 is 0 Å². The summed E-state index contributed by atoms with van der Waals surface area (Å²) in [5.74, 6) is 5.99. The second-order valence-electron chi connectivity index (χ2n) is 3.70. The Balaban J connectivity index is 2.63. The van der Waals surface area contributed by atoms with Crippen molar-refractivity contribution in [2.45, 2.75) is 19.5 Å². The molecule has 0 saturated carbocycles. The number of rotatable bonds is 3. The Labute approximate surface area is 104 Å². The zero-order valence-electron chi connectivity index (χ0n) is 9.97. The molecule has 0 aliphatic carbocycles. The number of ether oxygens (including phenoxy) is 1. The molecule has 0 heterocycles. The van der Waals surface area contributed by atoms with Crippen LogP contribution in [0.15, 0.2) is 18.2 Å². The fraction of sp³-hybridized carbons (Fsp3) is 0.385. The van der Waals surface area contributed by atoms with Crippen molar-refractivity contribution in [3.8, 4) is 17.6 Å². The van der Waals surface area contributed by atoms with Crippen molar-refractivity contribution in [2.24, 2.45) is 5.73 Å². The van der Waals surface area contributed by atoms with Crippen molar-refractivity contribution in [3.63, 3.8) is 0 Å². The van der Waals surface area contributed by atoms with Crippen LogP contribution >= 0.6 is 0 Å². The normalized spacial score (nSPS) is 10.7. The maximum Gasteiger partial charge on any atom is 0.392 e. The van der Waals surface area contributed by atoms with Gasteiger partial charge in [0.05, 0.1) is 19.6 Å². The lowest BCUT2D eigenvalue weighted by Gasteiger charge is -2.10. The predicted octanol–water partition coefficient (Wildman–Crippen LogP) is 2.64. The van der Waals surface area contributed by atoms with Crippen LogP contribution < -0.4 is 10.5 Å². The van der Waals surface area contributed by atoms with Gasteiger partial charge in [0.1, 0.15) is 5.75 Å². The monoisotopic (exact) mass is 257 g/mol. The van der Waals surface area contributed by atoms with Gasteiger partial charge in [-0.15, -0.1) is 0 Å². The van der Waals surface area contributed by atoms with Crippen LogP contribution in [-0.2, 0) is 0 Å². The van der Waals surface area contributed by atoms with E-state index in [0.717, 1.165) is 11.1 Å². The first-order valence-corrected chi connectivity index (χ1v) is 5.41. The lowest BCUT2D eigenvalue weighted by Crippen LogP contribution is -2.13. The van der Waals surface area contributed by atoms with E-state index in [1.165, 1.54) is 0 Å². The summed E-state index contributed by atoms with van der Waals surface area (Å²) in [6.07, 6.45) is -5.15. The molecule has 0 aliphatic heterocycles. The molecule has 18 heavy (non-hydrogen) atoms. The molecule has 0 aromatic heterocycles. The van der Waals surface area contributed by atoms with Gasteiger partial charge in [-0.05, 0) is 30.7 Å². The Hall–Kier alpha value is -1.67. The molecule has 0 spiro atoms. The molecule has 2 N–H and O–H groups in total. The fourth-order valence-corrected chi connectivity index (χ4v) is 1.32. The Morgan fingerprint density at radius 3 is 2.61 bits per heavy atom. The van der Waals surface area contributed by atoms with E-state index in [9.17, 15) is 13.2 Å². The summed E-state index contributed by atoms with van der Waals surface area (Å²) < 4.78 is 40.9. The van der Waals surface area contributed by atoms with Gasteiger partial charge in [0.2, 0.25) is 0 Å². The molecule has 1 aromatic carbocycles. The van der Waals surface area contributed by atoms with Crippen LogP contribution in [0.1, 0.15) is 17.5 Å². The highest BCUT2D eigenvalue weighted by Gasteiger charge is 2.26. The molecule has 1 rings (SSSR count). The Morgan fingerprint density at radius 2 is 2.06 bits per heavy atom. The minimum atomic E-state index is -4.19. The van der Waals surface area contributed by atoms with Gasteiger partial charge in [-0.2, -0.15) is 13.2 Å². The van der Waals surface area contributed by atoms with E-state index >= 15 is 0 Å². The largest absolute Gasteiger partial charge is 0.493 e. The molecule has 0 atom stereocenters. The van der Waals surface area contributed by atoms with Gasteiger partial charge in [-0.25, -0.2) is 0 Å². The number of nitrogens with two attached hydrogens (primary N) is 1. The summed E-state index contributed by atoms with van der Waals surface area (Å²) in [7, 11) is 0. The van der Waals surface area contributed by atoms with E-state index in [1.807, 2.05) is 0 Å². The first-order chi connectivity index (χ1) is 8.42. The average Bonchev–Trinajstić information content (AvgIpc) is 2.27. The van der Waals surface area contributed by atoms with Crippen LogP contribution in [0.25, 0.3) is 0 Å². The molecule has 0 aliphatic rings. The number of hydrogen-bond acceptors (Lipinski definition) is 2. The molecule has 0 amide bonds. The second kappa shape index (κ2) is 6.31. The highest BCUT2D eigenvalue weighted by atomic mass is 19.4. The first kappa shape index (κ1) is 14.4. The summed E-state index contributed by atoms with van der Waals surface area (Å²) in [5.41, 5.74) is 6.76. The maximum absolute atomic E-state index is 12.0. The molecular formula is C13H14F3NO. The smallest absolute Gasteiger partial charge is 0.392 e. The third-order valence-corrected chi connectivity index (χ3v) is 2.15. The van der Waals surface area contributed by atoms with Crippen LogP contribution in [-0.4, -0.2) is 19.3 Å². The van der Waals surface area contributed by atoms with Crippen LogP contribution in [0.2, 0.25) is 0 Å². The van der Waals surface area contributed by atoms with Crippen molar-refractivity contribution in [1.82, 2.24) is 0 Å². The van der Waals surface area contributed by atoms with Gasteiger partial charge in [0.15, 0.2) is 0 Å². The zero-order valence-corrected chi connectivity index (χ0v) is 9.97. The molecular weight excluding hydrogens is 243 g/mol. The molecule has 0 bridgehead atoms. The van der Waals surface area contributed by atoms with Crippen LogP contribution in [0, 0.1) is 18.8 Å². The van der Waals surface area contributed by atoms with E-state index in [-0.39, 0.29) is 13.2 Å². The number of halogens is 3. The summed E-state index contributed by atoms with van der Waals surface area (Å²) in [6, 6.07) is 5.07. The van der Waals surface area contributed by atoms with E-state index in [0.29, 0.717) is 5.75 Å². The highest BCUT2D eigenvalue weighted by molar-refractivity contribution is 5.43. The van der Waals surface area contributed by atoms with E-state index in [4.69, 9.17) is 10.5 Å². The second-order valence-corrected chi connectivity index (χ2v) is 3.70. The van der Waals surface area contributed by atoms with Gasteiger partial charge in [-0.3, -0.25) is 0 Å². The lowest BCUT2D eigenvalue weighted by molar-refractivity contribution is -0.139. The topological polar surface area (TPSA) is 35.2 Å². The van der Waals surface area contributed by atoms with Gasteiger partial charge >= 0.3 is 6.18 Å². The van der Waals surface area contributed by atoms with Gasteiger partial charge in [0.25, 0.3) is 0 Å². The third kappa shape index (κ3) is 5.11. The number of benzene rings is 1. The Bertz CT molecular complexity index is 458. The molecule has 0 radical (unpaired) electrons. The lowest BCUT2D eigenvalue weighted by atomic mass is 10.1. The zero-order chi connectivity index (χ0) is 13.6. The van der Waals surface area contributed by atoms with E-state index < -0.39 is 12.6 Å². The Morgan fingerprint density at radius 1 is 1.33 bits per heavy atom. The standard InChI is InChI=1S/C13H14F3NO/c1-10-9-11(3-2-7-17)4-5-12(10)18-8-6-13(14,15)16/h4-5,9H,6-8,17H2,1H3. The summed E-state index contributed by atoms with van der Waals surface area (Å²) >= 11 is 0. The quantitative estimate of drug-likeness (QED) is 0.845. The van der Waals surface area contributed by atoms with Crippen LogP contribution in [0.5, 0.6) is 5.75 Å². The van der Waals surface area contributed by atoms with Gasteiger partial charge < -0.3 is 10.5 Å². The highest BCUT2D eigenvalue weighted by Crippen LogP contribution is 2.22. The SMILES string of the molecule is Cc1cc(C#CCN)ccc1OCCC(F)(F)F. The molecule has 0 fully saturated rings. The van der Waals surface area contributed by atoms with Crippen molar-refractivity contribution in [3.05, 3.63) is 29.3 Å². The molecule has 98 valence electrons. The average molecular weight is 257 g/mol. The van der Waals surface area contributed by atoms with Gasteiger partial charge in [0, 0.05) is 5.56 Å². The minimum absolute atomic E-state index is 0.267. The number of hydrogen-bond donors (Lipinski definition) is 1. The molecule has 1 aromatic rings. The maximum atomic E-state index is 12.0. The molecule has 0 unspecified atom stereocenters. The van der Waals surface area contributed by atoms with Crippen molar-refractivity contribution in [1.29, 1.82) is 0 Å². The predicted molar refractivity (Wildman–Crippen MR) is 63.3 cm³/mol. The number of alkyl halides is 3. The van der Waals surface area contributed by atoms with Gasteiger partial charge in [-0.1, -0.05) is 11.8 Å². The minimum Gasteiger partial charge on any atom is -0.493 e. The van der Waals surface area contributed by atoms with Crippen LogP contribution in [0.3, 0.4) is 0 Å². The number of aryl methyl sites for hydroxylation is 1. The molecule has 5 heteroatoms. The van der Waals surface area contributed by atoms with Crippen LogP contribution in [0.4, 0.5) is 13.2 Å². The van der Waals surface area contributed by atoms with E-state index in [2.05, 4.69) is 11.8 Å². The summed E-state index contributed by atoms with van der Waals surface area (Å²) in [4.78, 5) is 0. The molecule has 0 saturated heterocycles. The summed E-state index contributed by atoms with van der Waals surface area (Å²) in [5, 5.41) is 0. The molecule has 2 nitrogen and oxygen atoms in total. The Kier molecular flexibility index (Phi) is 5.05. The summed E-state index contributed by atoms with van der Waals surface area (Å²) in [6.45, 7) is 1.65.